The van der Waals surface area contributed by atoms with E-state index >= 15 is 0 Å². The third kappa shape index (κ3) is 2.23. The number of hydrogen-bond acceptors (Lipinski definition) is 5. The van der Waals surface area contributed by atoms with E-state index in [-0.39, 0.29) is 11.9 Å². The van der Waals surface area contributed by atoms with Crippen LogP contribution < -0.4 is 5.32 Å². The molecule has 0 bridgehead atoms. The average Bonchev–Trinajstić information content (AvgIpc) is 3.22. The first-order valence-corrected chi connectivity index (χ1v) is 7.64. The number of aromatic nitrogens is 5. The number of rotatable bonds is 3. The van der Waals surface area contributed by atoms with E-state index < -0.39 is 0 Å². The molecule has 2 N–H and O–H groups in total. The van der Waals surface area contributed by atoms with E-state index in [9.17, 15) is 4.79 Å². The van der Waals surface area contributed by atoms with Crippen molar-refractivity contribution in [2.45, 2.75) is 12.6 Å². The largest absolute Gasteiger partial charge is 0.361 e. The summed E-state index contributed by atoms with van der Waals surface area (Å²) in [4.78, 5) is 25.5. The predicted molar refractivity (Wildman–Crippen MR) is 89.1 cm³/mol. The third-order valence-corrected chi connectivity index (χ3v) is 4.36. The number of amides is 1. The zero-order chi connectivity index (χ0) is 16.7. The standard InChI is InChI=1S/C16H17N7O/c1-3-14(24)23-7-12(11-6-20-22(2)13(11)8-23)21-16-10-4-5-17-15(10)18-9-19-16/h3-6,9,12H,1,7-8H2,2H3,(H2,17,18,19,21). The van der Waals surface area contributed by atoms with Crippen LogP contribution in [-0.2, 0) is 18.4 Å². The zero-order valence-electron chi connectivity index (χ0n) is 13.2. The monoisotopic (exact) mass is 323 g/mol. The Balaban J connectivity index is 1.72. The Hall–Kier alpha value is -3.16. The van der Waals surface area contributed by atoms with E-state index in [2.05, 4.69) is 31.9 Å². The quantitative estimate of drug-likeness (QED) is 0.710. The molecule has 8 heteroatoms. The maximum Gasteiger partial charge on any atom is 0.246 e. The summed E-state index contributed by atoms with van der Waals surface area (Å²) in [7, 11) is 1.88. The van der Waals surface area contributed by atoms with Gasteiger partial charge in [-0.2, -0.15) is 5.10 Å². The third-order valence-electron chi connectivity index (χ3n) is 4.36. The van der Waals surface area contributed by atoms with Gasteiger partial charge in [-0.15, -0.1) is 0 Å². The van der Waals surface area contributed by atoms with Crippen molar-refractivity contribution in [1.82, 2.24) is 29.6 Å². The van der Waals surface area contributed by atoms with Gasteiger partial charge in [-0.1, -0.05) is 6.58 Å². The summed E-state index contributed by atoms with van der Waals surface area (Å²) in [5, 5.41) is 8.68. The first-order valence-electron chi connectivity index (χ1n) is 7.64. The molecule has 1 atom stereocenters. The number of aryl methyl sites for hydroxylation is 1. The number of H-pyrrole nitrogens is 1. The molecule has 3 aromatic heterocycles. The van der Waals surface area contributed by atoms with Gasteiger partial charge in [0.1, 0.15) is 17.8 Å². The molecule has 1 aliphatic rings. The first kappa shape index (κ1) is 14.4. The highest BCUT2D eigenvalue weighted by molar-refractivity contribution is 5.88. The van der Waals surface area contributed by atoms with Crippen molar-refractivity contribution in [1.29, 1.82) is 0 Å². The molecule has 0 aliphatic carbocycles. The van der Waals surface area contributed by atoms with Gasteiger partial charge in [0.2, 0.25) is 5.91 Å². The first-order chi connectivity index (χ1) is 11.7. The van der Waals surface area contributed by atoms with E-state index in [0.29, 0.717) is 13.1 Å². The number of hydrogen-bond donors (Lipinski definition) is 2. The normalized spacial score (nSPS) is 16.9. The molecule has 0 spiro atoms. The van der Waals surface area contributed by atoms with Crippen molar-refractivity contribution < 1.29 is 4.79 Å². The summed E-state index contributed by atoms with van der Waals surface area (Å²) in [6.07, 6.45) is 6.53. The number of fused-ring (bicyclic) bond motifs is 2. The van der Waals surface area contributed by atoms with Crippen LogP contribution in [-0.4, -0.2) is 42.1 Å². The van der Waals surface area contributed by atoms with Gasteiger partial charge >= 0.3 is 0 Å². The van der Waals surface area contributed by atoms with Crippen LogP contribution in [0.1, 0.15) is 17.3 Å². The van der Waals surface area contributed by atoms with E-state index in [0.717, 1.165) is 28.1 Å². The topological polar surface area (TPSA) is 91.7 Å². The fourth-order valence-electron chi connectivity index (χ4n) is 3.10. The second kappa shape index (κ2) is 5.48. The molecule has 0 fully saturated rings. The smallest absolute Gasteiger partial charge is 0.246 e. The lowest BCUT2D eigenvalue weighted by Gasteiger charge is -2.33. The Labute approximate surface area is 138 Å². The maximum absolute atomic E-state index is 12.1. The number of carbonyl (C=O) groups excluding carboxylic acids is 1. The van der Waals surface area contributed by atoms with Crippen molar-refractivity contribution in [2.75, 3.05) is 11.9 Å². The lowest BCUT2D eigenvalue weighted by atomic mass is 10.0. The number of anilines is 1. The van der Waals surface area contributed by atoms with E-state index in [4.69, 9.17) is 0 Å². The minimum absolute atomic E-state index is 0.0943. The summed E-state index contributed by atoms with van der Waals surface area (Å²) in [6.45, 7) is 4.64. The van der Waals surface area contributed by atoms with Crippen LogP contribution in [0.15, 0.2) is 37.4 Å². The molecule has 0 radical (unpaired) electrons. The molecule has 1 unspecified atom stereocenters. The zero-order valence-corrected chi connectivity index (χ0v) is 13.2. The molecule has 0 saturated heterocycles. The van der Waals surface area contributed by atoms with Crippen LogP contribution in [0.25, 0.3) is 11.0 Å². The molecule has 4 heterocycles. The molecule has 24 heavy (non-hydrogen) atoms. The van der Waals surface area contributed by atoms with Crippen LogP contribution in [0.2, 0.25) is 0 Å². The van der Waals surface area contributed by atoms with Gasteiger partial charge in [-0.25, -0.2) is 9.97 Å². The van der Waals surface area contributed by atoms with Gasteiger partial charge < -0.3 is 15.2 Å². The van der Waals surface area contributed by atoms with Crippen molar-refractivity contribution in [3.63, 3.8) is 0 Å². The Morgan fingerprint density at radius 3 is 3.21 bits per heavy atom. The summed E-state index contributed by atoms with van der Waals surface area (Å²) >= 11 is 0. The summed E-state index contributed by atoms with van der Waals surface area (Å²) in [5.41, 5.74) is 2.86. The van der Waals surface area contributed by atoms with E-state index in [1.54, 1.807) is 9.58 Å². The van der Waals surface area contributed by atoms with Gasteiger partial charge in [-0.3, -0.25) is 9.48 Å². The van der Waals surface area contributed by atoms with Gasteiger partial charge in [0, 0.05) is 25.4 Å². The number of aromatic amines is 1. The molecule has 8 nitrogen and oxygen atoms in total. The van der Waals surface area contributed by atoms with Crippen LogP contribution in [0, 0.1) is 0 Å². The number of nitrogens with one attached hydrogen (secondary N) is 2. The van der Waals surface area contributed by atoms with Gasteiger partial charge in [0.15, 0.2) is 0 Å². The highest BCUT2D eigenvalue weighted by Gasteiger charge is 2.30. The van der Waals surface area contributed by atoms with Crippen molar-refractivity contribution in [3.8, 4) is 0 Å². The SMILES string of the molecule is C=CC(=O)N1Cc2c(cnn2C)C(Nc2ncnc3[nH]ccc23)C1. The fraction of sp³-hybridized carbons (Fsp3) is 0.250. The molecule has 122 valence electrons. The lowest BCUT2D eigenvalue weighted by molar-refractivity contribution is -0.127. The molecule has 0 aromatic carbocycles. The minimum Gasteiger partial charge on any atom is -0.361 e. The minimum atomic E-state index is -0.0978. The van der Waals surface area contributed by atoms with Crippen LogP contribution in [0.4, 0.5) is 5.82 Å². The molecule has 0 saturated carbocycles. The van der Waals surface area contributed by atoms with Crippen LogP contribution >= 0.6 is 0 Å². The lowest BCUT2D eigenvalue weighted by Crippen LogP contribution is -2.40. The summed E-state index contributed by atoms with van der Waals surface area (Å²) < 4.78 is 1.80. The highest BCUT2D eigenvalue weighted by atomic mass is 16.2. The predicted octanol–water partition coefficient (Wildman–Crippen LogP) is 1.37. The highest BCUT2D eigenvalue weighted by Crippen LogP contribution is 2.30. The second-order valence-corrected chi connectivity index (χ2v) is 5.75. The van der Waals surface area contributed by atoms with Crippen LogP contribution in [0.3, 0.4) is 0 Å². The number of nitrogens with zero attached hydrogens (tertiary/aromatic N) is 5. The number of carbonyl (C=O) groups is 1. The van der Waals surface area contributed by atoms with Crippen molar-refractivity contribution in [2.24, 2.45) is 7.05 Å². The summed E-state index contributed by atoms with van der Waals surface area (Å²) in [6, 6.07) is 1.83. The van der Waals surface area contributed by atoms with Crippen LogP contribution in [0.5, 0.6) is 0 Å². The Kier molecular flexibility index (Phi) is 3.30. The van der Waals surface area contributed by atoms with E-state index in [1.165, 1.54) is 12.4 Å². The summed E-state index contributed by atoms with van der Waals surface area (Å²) in [5.74, 6) is 0.636. The van der Waals surface area contributed by atoms with Gasteiger partial charge in [0.05, 0.1) is 29.9 Å². The molecule has 1 amide bonds. The maximum atomic E-state index is 12.1. The fourth-order valence-corrected chi connectivity index (χ4v) is 3.10. The van der Waals surface area contributed by atoms with E-state index in [1.807, 2.05) is 25.5 Å². The van der Waals surface area contributed by atoms with Gasteiger partial charge in [-0.05, 0) is 12.1 Å². The van der Waals surface area contributed by atoms with Crippen molar-refractivity contribution in [3.05, 3.63) is 48.7 Å². The molecule has 1 aliphatic heterocycles. The molecular formula is C16H17N7O. The molecule has 4 rings (SSSR count). The van der Waals surface area contributed by atoms with Crippen molar-refractivity contribution >= 4 is 22.8 Å². The molecular weight excluding hydrogens is 306 g/mol. The average molecular weight is 323 g/mol. The Morgan fingerprint density at radius 2 is 2.38 bits per heavy atom. The second-order valence-electron chi connectivity index (χ2n) is 5.75. The van der Waals surface area contributed by atoms with Gasteiger partial charge in [0.25, 0.3) is 0 Å². The Bertz CT molecular complexity index is 926. The molecule has 3 aromatic rings. The Morgan fingerprint density at radius 1 is 1.50 bits per heavy atom.